The molecule has 0 fully saturated rings. The van der Waals surface area contributed by atoms with Crippen LogP contribution in [0.5, 0.6) is 5.75 Å². The summed E-state index contributed by atoms with van der Waals surface area (Å²) in [6.07, 6.45) is 0. The Kier molecular flexibility index (Phi) is 3.36. The molecule has 0 aliphatic heterocycles. The SMILES string of the molecule is COc1cc(Nc2ccc3ccccc3c2)c(F)cc1N. The summed E-state index contributed by atoms with van der Waals surface area (Å²) in [4.78, 5) is 0. The van der Waals surface area contributed by atoms with Crippen LogP contribution in [0.1, 0.15) is 0 Å². The minimum Gasteiger partial charge on any atom is -0.495 e. The van der Waals surface area contributed by atoms with Crippen molar-refractivity contribution in [2.75, 3.05) is 18.2 Å². The summed E-state index contributed by atoms with van der Waals surface area (Å²) in [6, 6.07) is 16.7. The van der Waals surface area contributed by atoms with Crippen molar-refractivity contribution >= 4 is 27.8 Å². The summed E-state index contributed by atoms with van der Waals surface area (Å²) < 4.78 is 19.1. The van der Waals surface area contributed by atoms with E-state index < -0.39 is 5.82 Å². The van der Waals surface area contributed by atoms with E-state index in [4.69, 9.17) is 10.5 Å². The van der Waals surface area contributed by atoms with E-state index in [0.717, 1.165) is 16.5 Å². The topological polar surface area (TPSA) is 47.3 Å². The number of nitrogens with two attached hydrogens (primary N) is 1. The molecule has 0 saturated heterocycles. The largest absolute Gasteiger partial charge is 0.495 e. The maximum atomic E-state index is 14.0. The van der Waals surface area contributed by atoms with Gasteiger partial charge in [-0.1, -0.05) is 30.3 Å². The zero-order valence-electron chi connectivity index (χ0n) is 11.6. The van der Waals surface area contributed by atoms with Crippen molar-refractivity contribution in [1.82, 2.24) is 0 Å². The molecule has 3 nitrogen and oxygen atoms in total. The first-order valence-electron chi connectivity index (χ1n) is 6.56. The van der Waals surface area contributed by atoms with Crippen molar-refractivity contribution in [3.63, 3.8) is 0 Å². The third-order valence-corrected chi connectivity index (χ3v) is 3.35. The first-order chi connectivity index (χ1) is 10.2. The Morgan fingerprint density at radius 3 is 2.52 bits per heavy atom. The van der Waals surface area contributed by atoms with Crippen molar-refractivity contribution in [1.29, 1.82) is 0 Å². The molecule has 0 amide bonds. The Balaban J connectivity index is 1.98. The highest BCUT2D eigenvalue weighted by Gasteiger charge is 2.09. The summed E-state index contributed by atoms with van der Waals surface area (Å²) in [6.45, 7) is 0. The second kappa shape index (κ2) is 5.32. The number of fused-ring (bicyclic) bond motifs is 1. The van der Waals surface area contributed by atoms with Crippen LogP contribution in [0.2, 0.25) is 0 Å². The maximum Gasteiger partial charge on any atom is 0.148 e. The molecule has 4 heteroatoms. The number of ether oxygens (including phenoxy) is 1. The molecule has 0 saturated carbocycles. The molecule has 0 unspecified atom stereocenters. The normalized spacial score (nSPS) is 10.6. The number of halogens is 1. The Labute approximate surface area is 122 Å². The van der Waals surface area contributed by atoms with Gasteiger partial charge in [-0.25, -0.2) is 4.39 Å². The number of benzene rings is 3. The monoisotopic (exact) mass is 282 g/mol. The number of nitrogens with one attached hydrogen (secondary N) is 1. The molecule has 3 aromatic rings. The summed E-state index contributed by atoms with van der Waals surface area (Å²) in [7, 11) is 1.50. The van der Waals surface area contributed by atoms with Gasteiger partial charge in [-0.15, -0.1) is 0 Å². The van der Waals surface area contributed by atoms with Crippen LogP contribution in [-0.4, -0.2) is 7.11 Å². The molecule has 3 N–H and O–H groups in total. The van der Waals surface area contributed by atoms with Gasteiger partial charge in [-0.3, -0.25) is 0 Å². The second-order valence-electron chi connectivity index (χ2n) is 4.76. The fourth-order valence-corrected chi connectivity index (χ4v) is 2.26. The molecule has 0 spiro atoms. The smallest absolute Gasteiger partial charge is 0.148 e. The van der Waals surface area contributed by atoms with Crippen molar-refractivity contribution in [3.8, 4) is 5.75 Å². The molecular weight excluding hydrogens is 267 g/mol. The lowest BCUT2D eigenvalue weighted by Gasteiger charge is -2.12. The zero-order chi connectivity index (χ0) is 14.8. The number of nitrogen functional groups attached to an aromatic ring is 1. The predicted molar refractivity (Wildman–Crippen MR) is 84.6 cm³/mol. The van der Waals surface area contributed by atoms with E-state index in [2.05, 4.69) is 5.32 Å². The molecule has 0 aliphatic carbocycles. The fraction of sp³-hybridized carbons (Fsp3) is 0.0588. The molecule has 0 atom stereocenters. The summed E-state index contributed by atoms with van der Waals surface area (Å²) in [5.74, 6) is 0.0288. The van der Waals surface area contributed by atoms with Crippen LogP contribution in [0.3, 0.4) is 0 Å². The molecule has 0 heterocycles. The number of methoxy groups -OCH3 is 1. The van der Waals surface area contributed by atoms with Gasteiger partial charge in [0.2, 0.25) is 0 Å². The van der Waals surface area contributed by atoms with E-state index in [1.807, 2.05) is 42.5 Å². The Bertz CT molecular complexity index is 802. The van der Waals surface area contributed by atoms with Gasteiger partial charge in [-0.05, 0) is 22.9 Å². The van der Waals surface area contributed by atoms with E-state index in [9.17, 15) is 4.39 Å². The molecule has 21 heavy (non-hydrogen) atoms. The van der Waals surface area contributed by atoms with Crippen molar-refractivity contribution in [3.05, 3.63) is 60.4 Å². The van der Waals surface area contributed by atoms with E-state index in [1.165, 1.54) is 13.2 Å². The number of rotatable bonds is 3. The highest BCUT2D eigenvalue weighted by atomic mass is 19.1. The van der Waals surface area contributed by atoms with Gasteiger partial charge in [0.25, 0.3) is 0 Å². The van der Waals surface area contributed by atoms with Crippen LogP contribution in [0, 0.1) is 5.82 Å². The molecule has 0 aromatic heterocycles. The molecular formula is C17H15FN2O. The zero-order valence-corrected chi connectivity index (χ0v) is 11.6. The minimum absolute atomic E-state index is 0.277. The number of hydrogen-bond acceptors (Lipinski definition) is 3. The second-order valence-corrected chi connectivity index (χ2v) is 4.76. The summed E-state index contributed by atoms with van der Waals surface area (Å²) >= 11 is 0. The van der Waals surface area contributed by atoms with Crippen LogP contribution in [0.4, 0.5) is 21.5 Å². The Hall–Kier alpha value is -2.75. The lowest BCUT2D eigenvalue weighted by atomic mass is 10.1. The first kappa shape index (κ1) is 13.2. The lowest BCUT2D eigenvalue weighted by Crippen LogP contribution is -1.98. The lowest BCUT2D eigenvalue weighted by molar-refractivity contribution is 0.416. The molecule has 106 valence electrons. The Morgan fingerprint density at radius 2 is 1.76 bits per heavy atom. The Morgan fingerprint density at radius 1 is 1.00 bits per heavy atom. The number of anilines is 3. The average Bonchev–Trinajstić information content (AvgIpc) is 2.50. The van der Waals surface area contributed by atoms with Gasteiger partial charge in [0.1, 0.15) is 11.6 Å². The third kappa shape index (κ3) is 2.60. The molecule has 0 radical (unpaired) electrons. The van der Waals surface area contributed by atoms with Gasteiger partial charge in [0.05, 0.1) is 18.5 Å². The van der Waals surface area contributed by atoms with E-state index in [1.54, 1.807) is 6.07 Å². The number of hydrogen-bond donors (Lipinski definition) is 2. The van der Waals surface area contributed by atoms with Crippen molar-refractivity contribution in [2.45, 2.75) is 0 Å². The van der Waals surface area contributed by atoms with Crippen LogP contribution in [0.25, 0.3) is 10.8 Å². The first-order valence-corrected chi connectivity index (χ1v) is 6.56. The van der Waals surface area contributed by atoms with E-state index in [0.29, 0.717) is 11.4 Å². The van der Waals surface area contributed by atoms with Crippen LogP contribution in [-0.2, 0) is 0 Å². The van der Waals surface area contributed by atoms with Crippen LogP contribution >= 0.6 is 0 Å². The molecule has 0 aliphatic rings. The fourth-order valence-electron chi connectivity index (χ4n) is 2.26. The van der Waals surface area contributed by atoms with Crippen LogP contribution in [0.15, 0.2) is 54.6 Å². The van der Waals surface area contributed by atoms with Gasteiger partial charge in [-0.2, -0.15) is 0 Å². The third-order valence-electron chi connectivity index (χ3n) is 3.35. The minimum atomic E-state index is -0.415. The van der Waals surface area contributed by atoms with Gasteiger partial charge >= 0.3 is 0 Å². The standard InChI is InChI=1S/C17H15FN2O/c1-21-17-10-16(14(18)9-15(17)19)20-13-7-6-11-4-2-3-5-12(11)8-13/h2-10,20H,19H2,1H3. The van der Waals surface area contributed by atoms with Crippen molar-refractivity contribution in [2.24, 2.45) is 0 Å². The van der Waals surface area contributed by atoms with Gasteiger partial charge in [0, 0.05) is 17.8 Å². The molecule has 0 bridgehead atoms. The van der Waals surface area contributed by atoms with E-state index >= 15 is 0 Å². The maximum absolute atomic E-state index is 14.0. The highest BCUT2D eigenvalue weighted by Crippen LogP contribution is 2.31. The highest BCUT2D eigenvalue weighted by molar-refractivity contribution is 5.86. The van der Waals surface area contributed by atoms with E-state index in [-0.39, 0.29) is 5.69 Å². The van der Waals surface area contributed by atoms with Gasteiger partial charge < -0.3 is 15.8 Å². The van der Waals surface area contributed by atoms with Gasteiger partial charge in [0.15, 0.2) is 0 Å². The molecule has 3 aromatic carbocycles. The van der Waals surface area contributed by atoms with Crippen molar-refractivity contribution < 1.29 is 9.13 Å². The van der Waals surface area contributed by atoms with Crippen LogP contribution < -0.4 is 15.8 Å². The summed E-state index contributed by atoms with van der Waals surface area (Å²) in [5, 5.41) is 5.28. The summed E-state index contributed by atoms with van der Waals surface area (Å²) in [5.41, 5.74) is 7.09. The molecule has 3 rings (SSSR count). The quantitative estimate of drug-likeness (QED) is 0.703. The average molecular weight is 282 g/mol. The predicted octanol–water partition coefficient (Wildman–Crippen LogP) is 4.31.